The number of likely N-dealkylation sites (tertiary alicyclic amines) is 1. The summed E-state index contributed by atoms with van der Waals surface area (Å²) in [5.74, 6) is -0.250. The maximum atomic E-state index is 13.5. The number of benzene rings is 2. The zero-order valence-electron chi connectivity index (χ0n) is 21.4. The highest BCUT2D eigenvalue weighted by Crippen LogP contribution is 2.36. The second-order valence-corrected chi connectivity index (χ2v) is 11.3. The van der Waals surface area contributed by atoms with E-state index in [1.54, 1.807) is 31.4 Å². The smallest absolute Gasteiger partial charge is 0.239 e. The minimum Gasteiger partial charge on any atom is -0.493 e. The number of carbonyl (C=O) groups is 1. The third-order valence-electron chi connectivity index (χ3n) is 6.81. The predicted molar refractivity (Wildman–Crippen MR) is 147 cm³/mol. The average molecular weight is 525 g/mol. The fourth-order valence-corrected chi connectivity index (χ4v) is 6.48. The van der Waals surface area contributed by atoms with Crippen LogP contribution in [0.15, 0.2) is 84.8 Å². The van der Waals surface area contributed by atoms with Crippen molar-refractivity contribution in [1.29, 1.82) is 0 Å². The minimum absolute atomic E-state index is 0.0719. The Hall–Kier alpha value is -3.20. The Kier molecular flexibility index (Phi) is 9.86. The SMILES string of the molecule is C=C/C=C(\C=C)c1cccc(CCOc2ccc(S(=O)(=O)C3(C(N)=O)CCN(CCOC)CC3)cc2)c1. The third kappa shape index (κ3) is 6.57. The molecule has 1 amide bonds. The number of piperidine rings is 1. The van der Waals surface area contributed by atoms with Crippen LogP contribution in [0.25, 0.3) is 5.57 Å². The van der Waals surface area contributed by atoms with Crippen LogP contribution in [-0.2, 0) is 25.8 Å². The Balaban J connectivity index is 1.65. The molecule has 0 saturated carbocycles. The number of ether oxygens (including phenoxy) is 2. The fraction of sp³-hybridized carbons (Fsp3) is 0.345. The van der Waals surface area contributed by atoms with E-state index < -0.39 is 20.5 Å². The van der Waals surface area contributed by atoms with Crippen molar-refractivity contribution in [2.75, 3.05) is 40.0 Å². The Morgan fingerprint density at radius 2 is 1.81 bits per heavy atom. The van der Waals surface area contributed by atoms with Crippen molar-refractivity contribution in [2.45, 2.75) is 28.9 Å². The molecule has 1 fully saturated rings. The van der Waals surface area contributed by atoms with Crippen LogP contribution in [0.3, 0.4) is 0 Å². The molecule has 7 nitrogen and oxygen atoms in total. The van der Waals surface area contributed by atoms with E-state index in [0.29, 0.717) is 45.0 Å². The van der Waals surface area contributed by atoms with Crippen LogP contribution in [0.4, 0.5) is 0 Å². The molecule has 1 aliphatic rings. The van der Waals surface area contributed by atoms with Crippen molar-refractivity contribution in [3.05, 3.63) is 91.0 Å². The van der Waals surface area contributed by atoms with Crippen molar-refractivity contribution in [3.8, 4) is 5.75 Å². The molecule has 0 spiro atoms. The summed E-state index contributed by atoms with van der Waals surface area (Å²) in [5, 5.41) is 0. The van der Waals surface area contributed by atoms with Gasteiger partial charge in [-0.25, -0.2) is 8.42 Å². The first-order chi connectivity index (χ1) is 17.8. The number of amides is 1. The Morgan fingerprint density at radius 1 is 1.11 bits per heavy atom. The zero-order chi connectivity index (χ0) is 26.9. The van der Waals surface area contributed by atoms with E-state index in [0.717, 1.165) is 16.7 Å². The van der Waals surface area contributed by atoms with Gasteiger partial charge in [-0.1, -0.05) is 55.7 Å². The highest BCUT2D eigenvalue weighted by molar-refractivity contribution is 7.93. The Labute approximate surface area is 220 Å². The molecule has 8 heteroatoms. The van der Waals surface area contributed by atoms with Crippen LogP contribution in [0, 0.1) is 0 Å². The molecular formula is C29H36N2O5S. The summed E-state index contributed by atoms with van der Waals surface area (Å²) in [6, 6.07) is 14.3. The van der Waals surface area contributed by atoms with E-state index in [-0.39, 0.29) is 17.7 Å². The lowest BCUT2D eigenvalue weighted by molar-refractivity contribution is -0.121. The predicted octanol–water partition coefficient (Wildman–Crippen LogP) is 3.80. The lowest BCUT2D eigenvalue weighted by atomic mass is 9.95. The summed E-state index contributed by atoms with van der Waals surface area (Å²) >= 11 is 0. The van der Waals surface area contributed by atoms with Gasteiger partial charge in [-0.2, -0.15) is 0 Å². The molecule has 1 aliphatic heterocycles. The van der Waals surface area contributed by atoms with Crippen molar-refractivity contribution >= 4 is 21.3 Å². The lowest BCUT2D eigenvalue weighted by Gasteiger charge is -2.38. The standard InChI is InChI=1S/C29H36N2O5S/c1-4-7-24(5-2)25-9-6-8-23(22-25)14-20-36-26-10-12-27(13-11-26)37(33,34)29(28(30)32)15-17-31(18-16-29)19-21-35-3/h4-13,22H,1-2,14-21H2,3H3,(H2,30,32)/b24-7+. The van der Waals surface area contributed by atoms with Gasteiger partial charge in [0.05, 0.1) is 18.1 Å². The summed E-state index contributed by atoms with van der Waals surface area (Å²) in [4.78, 5) is 14.6. The molecule has 0 aliphatic carbocycles. The maximum Gasteiger partial charge on any atom is 0.239 e. The minimum atomic E-state index is -3.98. The summed E-state index contributed by atoms with van der Waals surface area (Å²) < 4.78 is 36.4. The van der Waals surface area contributed by atoms with Gasteiger partial charge in [0.25, 0.3) is 0 Å². The van der Waals surface area contributed by atoms with E-state index in [9.17, 15) is 13.2 Å². The zero-order valence-corrected chi connectivity index (χ0v) is 22.2. The third-order valence-corrected chi connectivity index (χ3v) is 9.34. The van der Waals surface area contributed by atoms with Crippen molar-refractivity contribution in [2.24, 2.45) is 5.73 Å². The molecule has 2 aromatic carbocycles. The van der Waals surface area contributed by atoms with Gasteiger partial charge in [-0.05, 0) is 53.8 Å². The monoisotopic (exact) mass is 524 g/mol. The second-order valence-electron chi connectivity index (χ2n) is 9.03. The maximum absolute atomic E-state index is 13.5. The van der Waals surface area contributed by atoms with Crippen LogP contribution in [0.2, 0.25) is 0 Å². The summed E-state index contributed by atoms with van der Waals surface area (Å²) in [6.45, 7) is 10.2. The van der Waals surface area contributed by atoms with Crippen molar-refractivity contribution < 1.29 is 22.7 Å². The van der Waals surface area contributed by atoms with Gasteiger partial charge in [0.15, 0.2) is 14.6 Å². The quantitative estimate of drug-likeness (QED) is 0.400. The molecule has 0 unspecified atom stereocenters. The van der Waals surface area contributed by atoms with Gasteiger partial charge < -0.3 is 20.1 Å². The molecule has 3 rings (SSSR count). The number of rotatable bonds is 13. The number of nitrogens with zero attached hydrogens (tertiary/aromatic N) is 1. The van der Waals surface area contributed by atoms with Gasteiger partial charge in [0.1, 0.15) is 5.75 Å². The van der Waals surface area contributed by atoms with Crippen LogP contribution in [0.1, 0.15) is 24.0 Å². The van der Waals surface area contributed by atoms with Gasteiger partial charge >= 0.3 is 0 Å². The second kappa shape index (κ2) is 12.9. The highest BCUT2D eigenvalue weighted by atomic mass is 32.2. The number of sulfone groups is 1. The van der Waals surface area contributed by atoms with Gasteiger partial charge in [-0.15, -0.1) is 0 Å². The lowest BCUT2D eigenvalue weighted by Crippen LogP contribution is -2.57. The summed E-state index contributed by atoms with van der Waals surface area (Å²) in [7, 11) is -2.36. The number of allylic oxidation sites excluding steroid dienone is 4. The van der Waals surface area contributed by atoms with Crippen molar-refractivity contribution in [3.63, 3.8) is 0 Å². The normalized spacial score (nSPS) is 16.2. The molecule has 1 saturated heterocycles. The molecule has 198 valence electrons. The molecule has 1 heterocycles. The van der Waals surface area contributed by atoms with Crippen LogP contribution in [-0.4, -0.2) is 63.9 Å². The van der Waals surface area contributed by atoms with Crippen LogP contribution >= 0.6 is 0 Å². The van der Waals surface area contributed by atoms with E-state index in [2.05, 4.69) is 24.1 Å². The first-order valence-electron chi connectivity index (χ1n) is 12.3. The topological polar surface area (TPSA) is 98.9 Å². The number of hydrogen-bond donors (Lipinski definition) is 1. The fourth-order valence-electron chi connectivity index (χ4n) is 4.55. The first-order valence-corrected chi connectivity index (χ1v) is 13.8. The molecule has 37 heavy (non-hydrogen) atoms. The van der Waals surface area contributed by atoms with Crippen molar-refractivity contribution in [1.82, 2.24) is 4.90 Å². The van der Waals surface area contributed by atoms with Gasteiger partial charge in [0, 0.05) is 33.2 Å². The number of hydrogen-bond acceptors (Lipinski definition) is 6. The highest BCUT2D eigenvalue weighted by Gasteiger charge is 2.51. The van der Waals surface area contributed by atoms with Crippen LogP contribution in [0.5, 0.6) is 5.75 Å². The van der Waals surface area contributed by atoms with E-state index >= 15 is 0 Å². The number of methoxy groups -OCH3 is 1. The van der Waals surface area contributed by atoms with E-state index in [4.69, 9.17) is 15.2 Å². The summed E-state index contributed by atoms with van der Waals surface area (Å²) in [5.41, 5.74) is 8.82. The average Bonchev–Trinajstić information content (AvgIpc) is 2.91. The number of nitrogens with two attached hydrogens (primary N) is 1. The Morgan fingerprint density at radius 3 is 2.41 bits per heavy atom. The molecule has 0 atom stereocenters. The first kappa shape index (κ1) is 28.4. The van der Waals surface area contributed by atoms with E-state index in [1.165, 1.54) is 12.1 Å². The molecular weight excluding hydrogens is 488 g/mol. The molecule has 2 N–H and O–H groups in total. The molecule has 2 aromatic rings. The van der Waals surface area contributed by atoms with Gasteiger partial charge in [0.2, 0.25) is 5.91 Å². The largest absolute Gasteiger partial charge is 0.493 e. The molecule has 0 bridgehead atoms. The van der Waals surface area contributed by atoms with Crippen LogP contribution < -0.4 is 10.5 Å². The number of carbonyl (C=O) groups excluding carboxylic acids is 1. The van der Waals surface area contributed by atoms with Gasteiger partial charge in [-0.3, -0.25) is 4.79 Å². The molecule has 0 aromatic heterocycles. The molecule has 0 radical (unpaired) electrons. The summed E-state index contributed by atoms with van der Waals surface area (Å²) in [6.07, 6.45) is 6.42. The number of primary amides is 1. The van der Waals surface area contributed by atoms with E-state index in [1.807, 2.05) is 24.3 Å². The Bertz CT molecular complexity index is 1230.